The average molecular weight is 442 g/mol. The molecular weight excluding hydrogens is 418 g/mol. The molecule has 0 radical (unpaired) electrons. The highest BCUT2D eigenvalue weighted by Gasteiger charge is 2.61. The SMILES string of the molecule is CCCOP1(=O)OC[C@H]2O[C@@H](n3cnc4c(N5CCC5)nc(N)nc43)[C@](C)(F)[C@@H]2O1. The molecule has 2 aromatic heterocycles. The van der Waals surface area contributed by atoms with E-state index >= 15 is 4.39 Å². The second-order valence-corrected chi connectivity index (χ2v) is 9.47. The van der Waals surface area contributed by atoms with Crippen LogP contribution in [-0.2, 0) is 22.9 Å². The molecule has 0 amide bonds. The number of phosphoric ester groups is 1. The number of nitrogens with two attached hydrogens (primary N) is 1. The molecule has 3 saturated heterocycles. The Bertz CT molecular complexity index is 1010. The molecule has 1 unspecified atom stereocenters. The van der Waals surface area contributed by atoms with Gasteiger partial charge in [-0.15, -0.1) is 0 Å². The van der Waals surface area contributed by atoms with E-state index in [0.717, 1.165) is 19.5 Å². The van der Waals surface area contributed by atoms with E-state index in [1.54, 1.807) is 0 Å². The summed E-state index contributed by atoms with van der Waals surface area (Å²) in [7, 11) is -3.85. The number of hydrogen-bond acceptors (Lipinski definition) is 10. The van der Waals surface area contributed by atoms with Crippen molar-refractivity contribution in [1.82, 2.24) is 19.5 Å². The maximum atomic E-state index is 16.0. The summed E-state index contributed by atoms with van der Waals surface area (Å²) in [5, 5.41) is 0. The highest BCUT2D eigenvalue weighted by molar-refractivity contribution is 7.48. The standard InChI is InChI=1S/C17H24FN6O5P/c1-3-7-26-30(25)27-8-10-12(29-30)17(2,18)15(28-10)24-9-20-11-13(23-5-4-6-23)21-16(19)22-14(11)24/h9-10,12,15H,3-8H2,1-2H3,(H2,19,21,22)/t10-,12-,15-,17-,30?/m1/s1. The van der Waals surface area contributed by atoms with Crippen LogP contribution in [0.15, 0.2) is 6.33 Å². The Hall–Kier alpha value is -1.85. The Balaban J connectivity index is 1.49. The largest absolute Gasteiger partial charge is 0.475 e. The Labute approximate surface area is 172 Å². The normalized spacial score (nSPS) is 36.1. The van der Waals surface area contributed by atoms with Gasteiger partial charge in [-0.25, -0.2) is 13.9 Å². The van der Waals surface area contributed by atoms with Crippen LogP contribution in [0.2, 0.25) is 0 Å². The monoisotopic (exact) mass is 442 g/mol. The van der Waals surface area contributed by atoms with Gasteiger partial charge in [0.25, 0.3) is 0 Å². The fraction of sp³-hybridized carbons (Fsp3) is 0.706. The topological polar surface area (TPSA) is 127 Å². The van der Waals surface area contributed by atoms with Crippen molar-refractivity contribution >= 4 is 30.8 Å². The van der Waals surface area contributed by atoms with Crippen LogP contribution in [0.4, 0.5) is 16.2 Å². The number of nitrogens with zero attached hydrogens (tertiary/aromatic N) is 5. The van der Waals surface area contributed by atoms with Gasteiger partial charge in [-0.2, -0.15) is 9.97 Å². The Morgan fingerprint density at radius 3 is 2.93 bits per heavy atom. The van der Waals surface area contributed by atoms with E-state index in [1.807, 2.05) is 11.8 Å². The second-order valence-electron chi connectivity index (χ2n) is 7.85. The summed E-state index contributed by atoms with van der Waals surface area (Å²) in [6.45, 7) is 4.97. The summed E-state index contributed by atoms with van der Waals surface area (Å²) in [6.07, 6.45) is 0.113. The van der Waals surface area contributed by atoms with E-state index < -0.39 is 31.9 Å². The zero-order chi connectivity index (χ0) is 21.1. The molecule has 5 atom stereocenters. The molecular formula is C17H24FN6O5P. The summed E-state index contributed by atoms with van der Waals surface area (Å²) in [5.41, 5.74) is 4.75. The van der Waals surface area contributed by atoms with Crippen molar-refractivity contribution in [2.75, 3.05) is 36.9 Å². The first-order valence-corrected chi connectivity index (χ1v) is 11.5. The van der Waals surface area contributed by atoms with Gasteiger partial charge in [0.05, 0.1) is 19.5 Å². The van der Waals surface area contributed by atoms with Crippen molar-refractivity contribution in [2.24, 2.45) is 0 Å². The molecule has 11 nitrogen and oxygen atoms in total. The van der Waals surface area contributed by atoms with Crippen LogP contribution in [-0.4, -0.2) is 63.7 Å². The molecule has 13 heteroatoms. The maximum Gasteiger partial charge on any atom is 0.475 e. The molecule has 3 fully saturated rings. The third-order valence-electron chi connectivity index (χ3n) is 5.60. The second kappa shape index (κ2) is 7.10. The molecule has 3 aliphatic heterocycles. The van der Waals surface area contributed by atoms with Crippen LogP contribution < -0.4 is 10.6 Å². The summed E-state index contributed by atoms with van der Waals surface area (Å²) in [5.74, 6) is 0.690. The van der Waals surface area contributed by atoms with Gasteiger partial charge in [0.1, 0.15) is 12.2 Å². The molecule has 0 spiro atoms. The molecule has 164 valence electrons. The van der Waals surface area contributed by atoms with Gasteiger partial charge in [-0.1, -0.05) is 6.92 Å². The Morgan fingerprint density at radius 1 is 1.43 bits per heavy atom. The Morgan fingerprint density at radius 2 is 2.23 bits per heavy atom. The number of nitrogen functional groups attached to an aromatic ring is 1. The number of aromatic nitrogens is 4. The van der Waals surface area contributed by atoms with Crippen LogP contribution in [0.3, 0.4) is 0 Å². The van der Waals surface area contributed by atoms with E-state index in [4.69, 9.17) is 24.0 Å². The van der Waals surface area contributed by atoms with Gasteiger partial charge >= 0.3 is 7.82 Å². The highest BCUT2D eigenvalue weighted by Crippen LogP contribution is 2.59. The zero-order valence-electron chi connectivity index (χ0n) is 16.7. The molecule has 5 rings (SSSR count). The molecule has 2 aromatic rings. The van der Waals surface area contributed by atoms with Crippen LogP contribution in [0.5, 0.6) is 0 Å². The van der Waals surface area contributed by atoms with E-state index in [9.17, 15) is 4.57 Å². The number of alkyl halides is 1. The first-order valence-electron chi connectivity index (χ1n) is 9.99. The molecule has 0 bridgehead atoms. The number of phosphoric acid groups is 1. The quantitative estimate of drug-likeness (QED) is 0.689. The number of hydrogen-bond donors (Lipinski definition) is 1. The Kier molecular flexibility index (Phi) is 4.75. The summed E-state index contributed by atoms with van der Waals surface area (Å²) in [4.78, 5) is 15.0. The lowest BCUT2D eigenvalue weighted by Crippen LogP contribution is -2.44. The summed E-state index contributed by atoms with van der Waals surface area (Å²) < 4.78 is 52.0. The van der Waals surface area contributed by atoms with E-state index in [2.05, 4.69) is 15.0 Å². The predicted octanol–water partition coefficient (Wildman–Crippen LogP) is 2.19. The van der Waals surface area contributed by atoms with E-state index in [1.165, 1.54) is 17.8 Å². The summed E-state index contributed by atoms with van der Waals surface area (Å²) in [6, 6.07) is 0. The lowest BCUT2D eigenvalue weighted by Gasteiger charge is -2.33. The predicted molar refractivity (Wildman–Crippen MR) is 105 cm³/mol. The van der Waals surface area contributed by atoms with Crippen molar-refractivity contribution < 1.29 is 27.3 Å². The maximum absolute atomic E-state index is 16.0. The first kappa shape index (κ1) is 20.1. The van der Waals surface area contributed by atoms with Gasteiger partial charge in [0.2, 0.25) is 5.95 Å². The molecule has 5 heterocycles. The van der Waals surface area contributed by atoms with Gasteiger partial charge in [-0.05, 0) is 19.8 Å². The molecule has 0 aliphatic carbocycles. The van der Waals surface area contributed by atoms with Gasteiger partial charge < -0.3 is 15.4 Å². The minimum atomic E-state index is -3.85. The van der Waals surface area contributed by atoms with Crippen molar-refractivity contribution in [3.8, 4) is 0 Å². The van der Waals surface area contributed by atoms with Crippen LogP contribution in [0, 0.1) is 0 Å². The molecule has 2 N–H and O–H groups in total. The van der Waals surface area contributed by atoms with Gasteiger partial charge in [-0.3, -0.25) is 18.1 Å². The lowest BCUT2D eigenvalue weighted by molar-refractivity contribution is -0.0706. The number of imidazole rings is 1. The summed E-state index contributed by atoms with van der Waals surface area (Å²) >= 11 is 0. The third kappa shape index (κ3) is 3.09. The van der Waals surface area contributed by atoms with Gasteiger partial charge in [0, 0.05) is 13.1 Å². The van der Waals surface area contributed by atoms with Crippen LogP contribution >= 0.6 is 7.82 Å². The minimum Gasteiger partial charge on any atom is -0.368 e. The fourth-order valence-corrected chi connectivity index (χ4v) is 5.50. The fourth-order valence-electron chi connectivity index (χ4n) is 3.95. The molecule has 0 aromatic carbocycles. The van der Waals surface area contributed by atoms with Crippen LogP contribution in [0.25, 0.3) is 11.2 Å². The first-order chi connectivity index (χ1) is 14.3. The average Bonchev–Trinajstić information content (AvgIpc) is 3.17. The smallest absolute Gasteiger partial charge is 0.368 e. The van der Waals surface area contributed by atoms with Crippen molar-refractivity contribution in [3.05, 3.63) is 6.33 Å². The lowest BCUT2D eigenvalue weighted by atomic mass is 9.98. The van der Waals surface area contributed by atoms with E-state index in [-0.39, 0.29) is 19.2 Å². The van der Waals surface area contributed by atoms with Crippen molar-refractivity contribution in [1.29, 1.82) is 0 Å². The number of ether oxygens (including phenoxy) is 1. The minimum absolute atomic E-state index is 0.0687. The zero-order valence-corrected chi connectivity index (χ0v) is 17.6. The number of rotatable bonds is 5. The number of anilines is 2. The highest BCUT2D eigenvalue weighted by atomic mass is 31.2. The molecule has 30 heavy (non-hydrogen) atoms. The molecule has 0 saturated carbocycles. The van der Waals surface area contributed by atoms with Crippen LogP contribution in [0.1, 0.15) is 32.9 Å². The van der Waals surface area contributed by atoms with Crippen molar-refractivity contribution in [3.63, 3.8) is 0 Å². The molecule has 3 aliphatic rings. The number of fused-ring (bicyclic) bond motifs is 2. The van der Waals surface area contributed by atoms with Crippen molar-refractivity contribution in [2.45, 2.75) is 50.8 Å². The number of halogens is 1. The third-order valence-corrected chi connectivity index (χ3v) is 7.05. The van der Waals surface area contributed by atoms with Gasteiger partial charge in [0.15, 0.2) is 28.9 Å². The van der Waals surface area contributed by atoms with E-state index in [0.29, 0.717) is 23.4 Å².